The highest BCUT2D eigenvalue weighted by Crippen LogP contribution is 2.30. The topological polar surface area (TPSA) is 49.4 Å². The van der Waals surface area contributed by atoms with E-state index >= 15 is 0 Å². The summed E-state index contributed by atoms with van der Waals surface area (Å²) in [7, 11) is -1.33. The SMILES string of the molecule is Cc1cc(S(=O)(=O)NCC(C)N(C)C2CC2)sc1Br. The second-order valence-electron chi connectivity index (χ2n) is 5.12. The number of likely N-dealkylation sites (N-methyl/N-ethyl adjacent to an activating group) is 1. The lowest BCUT2D eigenvalue weighted by Crippen LogP contribution is -2.40. The zero-order valence-electron chi connectivity index (χ0n) is 11.3. The maximum Gasteiger partial charge on any atom is 0.250 e. The third-order valence-electron chi connectivity index (χ3n) is 3.49. The Morgan fingerprint density at radius 1 is 1.58 bits per heavy atom. The Labute approximate surface area is 127 Å². The average Bonchev–Trinajstić information content (AvgIpc) is 3.13. The number of hydrogen-bond donors (Lipinski definition) is 1. The van der Waals surface area contributed by atoms with Crippen LogP contribution in [0.2, 0.25) is 0 Å². The molecule has 0 saturated heterocycles. The minimum atomic E-state index is -3.38. The summed E-state index contributed by atoms with van der Waals surface area (Å²) in [5.41, 5.74) is 0.952. The molecule has 0 amide bonds. The number of nitrogens with one attached hydrogen (secondary N) is 1. The van der Waals surface area contributed by atoms with Crippen molar-refractivity contribution in [2.24, 2.45) is 0 Å². The van der Waals surface area contributed by atoms with Crippen LogP contribution in [0.15, 0.2) is 14.1 Å². The first-order valence-corrected chi connectivity index (χ1v) is 9.38. The molecule has 7 heteroatoms. The van der Waals surface area contributed by atoms with Crippen LogP contribution in [-0.2, 0) is 10.0 Å². The maximum absolute atomic E-state index is 12.2. The summed E-state index contributed by atoms with van der Waals surface area (Å²) in [6.45, 7) is 4.39. The van der Waals surface area contributed by atoms with Crippen LogP contribution in [-0.4, -0.2) is 39.0 Å². The highest BCUT2D eigenvalue weighted by molar-refractivity contribution is 9.11. The van der Waals surface area contributed by atoms with Crippen molar-refractivity contribution in [2.45, 2.75) is 43.0 Å². The van der Waals surface area contributed by atoms with Crippen molar-refractivity contribution >= 4 is 37.3 Å². The molecule has 1 fully saturated rings. The third kappa shape index (κ3) is 3.78. The fourth-order valence-electron chi connectivity index (χ4n) is 1.85. The maximum atomic E-state index is 12.2. The minimum Gasteiger partial charge on any atom is -0.299 e. The van der Waals surface area contributed by atoms with E-state index in [0.717, 1.165) is 9.35 Å². The van der Waals surface area contributed by atoms with E-state index < -0.39 is 10.0 Å². The van der Waals surface area contributed by atoms with E-state index in [1.807, 2.05) is 6.92 Å². The van der Waals surface area contributed by atoms with Gasteiger partial charge >= 0.3 is 0 Å². The molecular weight excluding hydrogens is 348 g/mol. The quantitative estimate of drug-likeness (QED) is 0.841. The molecule has 1 heterocycles. The lowest BCUT2D eigenvalue weighted by molar-refractivity contribution is 0.248. The number of nitrogens with zero attached hydrogens (tertiary/aromatic N) is 1. The van der Waals surface area contributed by atoms with Gasteiger partial charge in [-0.2, -0.15) is 0 Å². The molecule has 0 radical (unpaired) electrons. The fraction of sp³-hybridized carbons (Fsp3) is 0.667. The Morgan fingerprint density at radius 3 is 2.68 bits per heavy atom. The second kappa shape index (κ2) is 5.81. The normalized spacial score (nSPS) is 17.9. The number of sulfonamides is 1. The monoisotopic (exact) mass is 366 g/mol. The molecule has 1 N–H and O–H groups in total. The number of aryl methyl sites for hydroxylation is 1. The Morgan fingerprint density at radius 2 is 2.21 bits per heavy atom. The Kier molecular flexibility index (Phi) is 4.72. The zero-order valence-corrected chi connectivity index (χ0v) is 14.5. The fourth-order valence-corrected chi connectivity index (χ4v) is 5.24. The van der Waals surface area contributed by atoms with Crippen LogP contribution in [0.25, 0.3) is 0 Å². The molecular formula is C12H19BrN2O2S2. The van der Waals surface area contributed by atoms with Gasteiger partial charge in [0, 0.05) is 18.6 Å². The lowest BCUT2D eigenvalue weighted by Gasteiger charge is -2.24. The summed E-state index contributed by atoms with van der Waals surface area (Å²) in [5.74, 6) is 0. The molecule has 1 aliphatic carbocycles. The number of hydrogen-bond acceptors (Lipinski definition) is 4. The third-order valence-corrected chi connectivity index (χ3v) is 7.52. The Bertz CT molecular complexity index is 533. The van der Waals surface area contributed by atoms with E-state index in [9.17, 15) is 8.42 Å². The van der Waals surface area contributed by atoms with Crippen molar-refractivity contribution in [2.75, 3.05) is 13.6 Å². The molecule has 1 aromatic heterocycles. The van der Waals surface area contributed by atoms with E-state index in [1.165, 1.54) is 24.2 Å². The standard InChI is InChI=1S/C12H19BrN2O2S2/c1-8-6-11(18-12(8)13)19(16,17)14-7-9(2)15(3)10-4-5-10/h6,9-10,14H,4-5,7H2,1-3H3. The van der Waals surface area contributed by atoms with E-state index in [-0.39, 0.29) is 6.04 Å². The van der Waals surface area contributed by atoms with Gasteiger partial charge in [-0.25, -0.2) is 13.1 Å². The van der Waals surface area contributed by atoms with Gasteiger partial charge in [-0.3, -0.25) is 4.90 Å². The number of thiophene rings is 1. The van der Waals surface area contributed by atoms with Crippen LogP contribution >= 0.6 is 27.3 Å². The smallest absolute Gasteiger partial charge is 0.250 e. The second-order valence-corrected chi connectivity index (χ2v) is 9.48. The summed E-state index contributed by atoms with van der Waals surface area (Å²) in [6, 6.07) is 2.55. The van der Waals surface area contributed by atoms with Gasteiger partial charge in [-0.15, -0.1) is 11.3 Å². The first-order chi connectivity index (χ1) is 8.81. The molecule has 1 saturated carbocycles. The van der Waals surface area contributed by atoms with Gasteiger partial charge in [0.25, 0.3) is 0 Å². The largest absolute Gasteiger partial charge is 0.299 e. The van der Waals surface area contributed by atoms with Crippen LogP contribution in [0, 0.1) is 6.92 Å². The van der Waals surface area contributed by atoms with Gasteiger partial charge in [0.1, 0.15) is 4.21 Å². The molecule has 1 aromatic rings. The molecule has 108 valence electrons. The zero-order chi connectivity index (χ0) is 14.2. The van der Waals surface area contributed by atoms with Crippen LogP contribution in [0.4, 0.5) is 0 Å². The van der Waals surface area contributed by atoms with Crippen molar-refractivity contribution in [1.29, 1.82) is 0 Å². The van der Waals surface area contributed by atoms with E-state index in [0.29, 0.717) is 16.8 Å². The molecule has 19 heavy (non-hydrogen) atoms. The summed E-state index contributed by atoms with van der Waals surface area (Å²) < 4.78 is 28.3. The summed E-state index contributed by atoms with van der Waals surface area (Å²) in [6.07, 6.45) is 2.45. The van der Waals surface area contributed by atoms with Gasteiger partial charge in [-0.05, 0) is 61.3 Å². The summed E-state index contributed by atoms with van der Waals surface area (Å²) in [5, 5.41) is 0. The van der Waals surface area contributed by atoms with Crippen molar-refractivity contribution in [3.05, 3.63) is 15.4 Å². The first-order valence-electron chi connectivity index (χ1n) is 6.29. The molecule has 0 aliphatic heterocycles. The van der Waals surface area contributed by atoms with Crippen LogP contribution in [0.5, 0.6) is 0 Å². The van der Waals surface area contributed by atoms with E-state index in [2.05, 4.69) is 39.5 Å². The van der Waals surface area contributed by atoms with Crippen molar-refractivity contribution < 1.29 is 8.42 Å². The molecule has 0 aromatic carbocycles. The average molecular weight is 367 g/mol. The number of halogens is 1. The van der Waals surface area contributed by atoms with Gasteiger partial charge < -0.3 is 0 Å². The Hall–Kier alpha value is 0.0500. The summed E-state index contributed by atoms with van der Waals surface area (Å²) >= 11 is 4.61. The molecule has 0 spiro atoms. The molecule has 0 bridgehead atoms. The molecule has 2 rings (SSSR count). The van der Waals surface area contributed by atoms with Gasteiger partial charge in [0.05, 0.1) is 3.79 Å². The highest BCUT2D eigenvalue weighted by atomic mass is 79.9. The lowest BCUT2D eigenvalue weighted by atomic mass is 10.3. The highest BCUT2D eigenvalue weighted by Gasteiger charge is 2.29. The van der Waals surface area contributed by atoms with E-state index in [1.54, 1.807) is 6.07 Å². The van der Waals surface area contributed by atoms with Gasteiger partial charge in [-0.1, -0.05) is 0 Å². The predicted molar refractivity (Wildman–Crippen MR) is 82.2 cm³/mol. The molecule has 1 atom stereocenters. The van der Waals surface area contributed by atoms with E-state index in [4.69, 9.17) is 0 Å². The first kappa shape index (κ1) is 15.4. The Balaban J connectivity index is 1.97. The number of rotatable bonds is 6. The van der Waals surface area contributed by atoms with Crippen molar-refractivity contribution in [3.8, 4) is 0 Å². The molecule has 4 nitrogen and oxygen atoms in total. The van der Waals surface area contributed by atoms with Crippen LogP contribution in [0.1, 0.15) is 25.3 Å². The van der Waals surface area contributed by atoms with Crippen molar-refractivity contribution in [1.82, 2.24) is 9.62 Å². The molecule has 1 aliphatic rings. The van der Waals surface area contributed by atoms with Gasteiger partial charge in [0.2, 0.25) is 10.0 Å². The van der Waals surface area contributed by atoms with Crippen molar-refractivity contribution in [3.63, 3.8) is 0 Å². The minimum absolute atomic E-state index is 0.215. The molecule has 1 unspecified atom stereocenters. The van der Waals surface area contributed by atoms with Crippen LogP contribution < -0.4 is 4.72 Å². The predicted octanol–water partition coefficient (Wildman–Crippen LogP) is 2.58. The van der Waals surface area contributed by atoms with Crippen LogP contribution in [0.3, 0.4) is 0 Å². The van der Waals surface area contributed by atoms with Gasteiger partial charge in [0.15, 0.2) is 0 Å². The summed E-state index contributed by atoms with van der Waals surface area (Å²) in [4.78, 5) is 2.25.